The zero-order valence-corrected chi connectivity index (χ0v) is 11.1. The van der Waals surface area contributed by atoms with Gasteiger partial charge < -0.3 is 5.11 Å². The van der Waals surface area contributed by atoms with Crippen LogP contribution in [0.5, 0.6) is 0 Å². The molecular formula is C8H6Br3FO. The first kappa shape index (κ1) is 11.6. The van der Waals surface area contributed by atoms with Gasteiger partial charge in [0, 0.05) is 4.47 Å². The molecule has 0 aliphatic carbocycles. The second-order valence-electron chi connectivity index (χ2n) is 2.50. The minimum Gasteiger partial charge on any atom is -0.383 e. The van der Waals surface area contributed by atoms with Gasteiger partial charge in [-0.2, -0.15) is 0 Å². The fourth-order valence-electron chi connectivity index (χ4n) is 0.834. The molecule has 0 spiro atoms. The van der Waals surface area contributed by atoms with Crippen molar-refractivity contribution in [2.24, 2.45) is 0 Å². The van der Waals surface area contributed by atoms with Crippen LogP contribution in [0.2, 0.25) is 0 Å². The third-order valence-corrected chi connectivity index (χ3v) is 2.89. The van der Waals surface area contributed by atoms with Crippen LogP contribution in [0.15, 0.2) is 28.7 Å². The van der Waals surface area contributed by atoms with Crippen molar-refractivity contribution in [3.63, 3.8) is 0 Å². The van der Waals surface area contributed by atoms with Crippen molar-refractivity contribution >= 4 is 47.8 Å². The topological polar surface area (TPSA) is 20.2 Å². The van der Waals surface area contributed by atoms with Crippen molar-refractivity contribution in [1.29, 1.82) is 0 Å². The van der Waals surface area contributed by atoms with E-state index < -0.39 is 9.59 Å². The fourth-order valence-corrected chi connectivity index (χ4v) is 1.63. The first-order valence-corrected chi connectivity index (χ1v) is 5.79. The molecule has 1 N–H and O–H groups in total. The summed E-state index contributed by atoms with van der Waals surface area (Å²) < 4.78 is 12.0. The van der Waals surface area contributed by atoms with Crippen molar-refractivity contribution < 1.29 is 9.50 Å². The van der Waals surface area contributed by atoms with E-state index >= 15 is 0 Å². The minimum absolute atomic E-state index is 0.499. The lowest BCUT2D eigenvalue weighted by Gasteiger charge is -2.18. The Hall–Kier alpha value is 0.550. The van der Waals surface area contributed by atoms with E-state index in [1.807, 2.05) is 0 Å². The van der Waals surface area contributed by atoms with Crippen molar-refractivity contribution in [1.82, 2.24) is 0 Å². The number of benzene rings is 1. The molecule has 0 fully saturated rings. The Balaban J connectivity index is 2.90. The van der Waals surface area contributed by atoms with Crippen LogP contribution in [0.25, 0.3) is 0 Å². The highest BCUT2D eigenvalue weighted by Crippen LogP contribution is 2.40. The Kier molecular flexibility index (Phi) is 3.92. The van der Waals surface area contributed by atoms with Crippen LogP contribution in [0.4, 0.5) is 4.39 Å². The summed E-state index contributed by atoms with van der Waals surface area (Å²) in [6.45, 7) is 0. The van der Waals surface area contributed by atoms with Crippen LogP contribution >= 0.6 is 47.8 Å². The van der Waals surface area contributed by atoms with E-state index in [1.54, 1.807) is 24.3 Å². The van der Waals surface area contributed by atoms with Gasteiger partial charge in [-0.15, -0.1) is 0 Å². The van der Waals surface area contributed by atoms with Gasteiger partial charge in [0.15, 0.2) is 0 Å². The number of halogens is 4. The van der Waals surface area contributed by atoms with Crippen molar-refractivity contribution in [2.75, 3.05) is 0 Å². The number of aliphatic hydroxyl groups excluding tert-OH is 1. The van der Waals surface area contributed by atoms with E-state index in [1.165, 1.54) is 0 Å². The van der Waals surface area contributed by atoms with Crippen molar-refractivity contribution in [3.8, 4) is 0 Å². The molecule has 0 radical (unpaired) electrons. The summed E-state index contributed by atoms with van der Waals surface area (Å²) in [6.07, 6.45) is -1.24. The zero-order valence-electron chi connectivity index (χ0n) is 6.35. The molecule has 72 valence electrons. The van der Waals surface area contributed by atoms with Gasteiger partial charge in [0.2, 0.25) is 3.49 Å². The molecule has 1 atom stereocenters. The summed E-state index contributed by atoms with van der Waals surface area (Å²) in [7, 11) is 0. The predicted molar refractivity (Wildman–Crippen MR) is 60.8 cm³/mol. The Labute approximate surface area is 101 Å². The predicted octanol–water partition coefficient (Wildman–Crippen LogP) is 3.90. The van der Waals surface area contributed by atoms with Crippen molar-refractivity contribution in [3.05, 3.63) is 34.3 Å². The van der Waals surface area contributed by atoms with E-state index in [4.69, 9.17) is 0 Å². The molecular weight excluding hydrogens is 371 g/mol. The lowest BCUT2D eigenvalue weighted by molar-refractivity contribution is 0.114. The Morgan fingerprint density at radius 3 is 2.08 bits per heavy atom. The average Bonchev–Trinajstić information content (AvgIpc) is 2.03. The third-order valence-electron chi connectivity index (χ3n) is 1.50. The maximum atomic E-state index is 13.1. The molecule has 0 aliphatic heterocycles. The van der Waals surface area contributed by atoms with E-state index in [9.17, 15) is 9.50 Å². The molecule has 0 bridgehead atoms. The quantitative estimate of drug-likeness (QED) is 0.776. The zero-order chi connectivity index (χ0) is 10.1. The second kappa shape index (κ2) is 4.38. The highest BCUT2D eigenvalue weighted by atomic mass is 79.9. The molecule has 1 nitrogen and oxygen atoms in total. The van der Waals surface area contributed by atoms with Crippen LogP contribution in [0.1, 0.15) is 11.7 Å². The summed E-state index contributed by atoms with van der Waals surface area (Å²) in [5.41, 5.74) is 0.499. The lowest BCUT2D eigenvalue weighted by Crippen LogP contribution is -2.16. The van der Waals surface area contributed by atoms with Gasteiger partial charge in [0.25, 0.3) is 0 Å². The number of rotatable bonds is 2. The largest absolute Gasteiger partial charge is 0.383 e. The summed E-state index contributed by atoms with van der Waals surface area (Å²) >= 11 is 8.62. The smallest absolute Gasteiger partial charge is 0.248 e. The standard InChI is InChI=1S/C8H6Br3FO/c9-6-3-1-5(2-4-6)7(13)8(10,11)12/h1-4,7,13H. The highest BCUT2D eigenvalue weighted by Gasteiger charge is 2.32. The van der Waals surface area contributed by atoms with E-state index in [0.29, 0.717) is 5.56 Å². The molecule has 5 heteroatoms. The highest BCUT2D eigenvalue weighted by molar-refractivity contribution is 9.25. The molecule has 0 heterocycles. The first-order valence-electron chi connectivity index (χ1n) is 3.41. The third kappa shape index (κ3) is 3.31. The van der Waals surface area contributed by atoms with E-state index in [0.717, 1.165) is 4.47 Å². The molecule has 0 aliphatic rings. The van der Waals surface area contributed by atoms with Crippen LogP contribution in [-0.2, 0) is 0 Å². The van der Waals surface area contributed by atoms with Crippen LogP contribution in [0, 0.1) is 0 Å². The van der Waals surface area contributed by atoms with Gasteiger partial charge in [0.05, 0.1) is 0 Å². The van der Waals surface area contributed by atoms with Gasteiger partial charge in [-0.25, -0.2) is 4.39 Å². The minimum atomic E-state index is -1.98. The Morgan fingerprint density at radius 2 is 1.69 bits per heavy atom. The normalized spacial score (nSPS) is 14.2. The van der Waals surface area contributed by atoms with Gasteiger partial charge in [0.1, 0.15) is 6.10 Å². The first-order chi connectivity index (χ1) is 5.91. The van der Waals surface area contributed by atoms with Crippen LogP contribution < -0.4 is 0 Å². The molecule has 1 rings (SSSR count). The molecule has 1 unspecified atom stereocenters. The number of hydrogen-bond acceptors (Lipinski definition) is 1. The van der Waals surface area contributed by atoms with E-state index in [2.05, 4.69) is 47.8 Å². The van der Waals surface area contributed by atoms with Gasteiger partial charge >= 0.3 is 0 Å². The second-order valence-corrected chi connectivity index (χ2v) is 6.78. The van der Waals surface area contributed by atoms with Gasteiger partial charge in [-0.3, -0.25) is 0 Å². The summed E-state index contributed by atoms with van der Waals surface area (Å²) in [5.74, 6) is 0. The Morgan fingerprint density at radius 1 is 1.23 bits per heavy atom. The SMILES string of the molecule is OC(c1ccc(Br)cc1)C(F)(Br)Br. The summed E-state index contributed by atoms with van der Waals surface area (Å²) in [6, 6.07) is 6.77. The molecule has 1 aromatic rings. The molecule has 0 aromatic heterocycles. The molecule has 13 heavy (non-hydrogen) atoms. The maximum Gasteiger partial charge on any atom is 0.248 e. The van der Waals surface area contributed by atoms with Gasteiger partial charge in [-0.1, -0.05) is 28.1 Å². The molecule has 1 aromatic carbocycles. The molecule has 0 amide bonds. The molecule has 0 saturated carbocycles. The fraction of sp³-hybridized carbons (Fsp3) is 0.250. The summed E-state index contributed by atoms with van der Waals surface area (Å²) in [5, 5.41) is 9.46. The lowest BCUT2D eigenvalue weighted by atomic mass is 10.1. The van der Waals surface area contributed by atoms with Crippen molar-refractivity contribution in [2.45, 2.75) is 9.59 Å². The number of alkyl halides is 3. The molecule has 0 saturated heterocycles. The average molecular weight is 377 g/mol. The number of aliphatic hydroxyl groups is 1. The van der Waals surface area contributed by atoms with E-state index in [-0.39, 0.29) is 0 Å². The van der Waals surface area contributed by atoms with Crippen LogP contribution in [0.3, 0.4) is 0 Å². The monoisotopic (exact) mass is 374 g/mol. The van der Waals surface area contributed by atoms with Gasteiger partial charge in [-0.05, 0) is 49.6 Å². The summed E-state index contributed by atoms with van der Waals surface area (Å²) in [4.78, 5) is 0. The Bertz CT molecular complexity index is 280. The maximum absolute atomic E-state index is 13.1. The van der Waals surface area contributed by atoms with Crippen LogP contribution in [-0.4, -0.2) is 8.59 Å². The number of hydrogen-bond donors (Lipinski definition) is 1.